The van der Waals surface area contributed by atoms with Crippen molar-refractivity contribution < 1.29 is 0 Å². The van der Waals surface area contributed by atoms with Gasteiger partial charge in [-0.3, -0.25) is 0 Å². The summed E-state index contributed by atoms with van der Waals surface area (Å²) in [5.74, 6) is 1.34. The molecule has 0 saturated carbocycles. The Kier molecular flexibility index (Phi) is 4.39. The van der Waals surface area contributed by atoms with Gasteiger partial charge in [0, 0.05) is 19.3 Å². The fourth-order valence-electron chi connectivity index (χ4n) is 2.97. The molecule has 114 valence electrons. The summed E-state index contributed by atoms with van der Waals surface area (Å²) in [5.41, 5.74) is 2.09. The van der Waals surface area contributed by atoms with E-state index in [1.54, 1.807) is 0 Å². The number of hydrogen-bond acceptors (Lipinski definition) is 4. The van der Waals surface area contributed by atoms with E-state index in [2.05, 4.69) is 40.2 Å². The number of piperidine rings is 1. The van der Waals surface area contributed by atoms with E-state index in [0.717, 1.165) is 18.1 Å². The van der Waals surface area contributed by atoms with Crippen molar-refractivity contribution in [3.63, 3.8) is 0 Å². The number of nitrogens with zero attached hydrogens (tertiary/aromatic N) is 4. The number of hydrogen-bond donors (Lipinski definition) is 1. The second-order valence-corrected chi connectivity index (χ2v) is 6.29. The maximum Gasteiger partial charge on any atom is 0.243 e. The topological polar surface area (TPSA) is 45.5 Å². The number of aromatic nitrogens is 3. The Hall–Kier alpha value is -1.62. The van der Waals surface area contributed by atoms with E-state index in [9.17, 15) is 0 Å². The predicted octanol–water partition coefficient (Wildman–Crippen LogP) is 2.57. The summed E-state index contributed by atoms with van der Waals surface area (Å²) in [6, 6.07) is 4.07. The monoisotopic (exact) mass is 287 g/mol. The molecule has 0 spiro atoms. The van der Waals surface area contributed by atoms with Crippen LogP contribution in [-0.2, 0) is 0 Å². The number of aryl methyl sites for hydroxylation is 1. The zero-order valence-corrected chi connectivity index (χ0v) is 13.0. The van der Waals surface area contributed by atoms with Gasteiger partial charge in [0.15, 0.2) is 5.65 Å². The average Bonchev–Trinajstić information content (AvgIpc) is 2.88. The average molecular weight is 287 g/mol. The van der Waals surface area contributed by atoms with Crippen LogP contribution in [0, 0.1) is 12.8 Å². The number of anilines is 1. The zero-order chi connectivity index (χ0) is 14.7. The van der Waals surface area contributed by atoms with Gasteiger partial charge in [-0.1, -0.05) is 19.4 Å². The van der Waals surface area contributed by atoms with Crippen LogP contribution in [0.2, 0.25) is 0 Å². The third-order valence-electron chi connectivity index (χ3n) is 4.11. The van der Waals surface area contributed by atoms with E-state index < -0.39 is 0 Å². The fourth-order valence-corrected chi connectivity index (χ4v) is 2.97. The van der Waals surface area contributed by atoms with E-state index in [4.69, 9.17) is 0 Å². The Morgan fingerprint density at radius 3 is 2.86 bits per heavy atom. The molecule has 1 fully saturated rings. The Bertz CT molecular complexity index is 585. The van der Waals surface area contributed by atoms with Crippen LogP contribution >= 0.6 is 0 Å². The minimum atomic E-state index is 0.608. The van der Waals surface area contributed by atoms with Gasteiger partial charge in [0.2, 0.25) is 5.95 Å². The maximum absolute atomic E-state index is 4.50. The van der Waals surface area contributed by atoms with Crippen molar-refractivity contribution in [1.29, 1.82) is 0 Å². The van der Waals surface area contributed by atoms with Crippen molar-refractivity contribution in [3.05, 3.63) is 23.9 Å². The molecule has 1 aliphatic rings. The molecule has 0 aliphatic carbocycles. The van der Waals surface area contributed by atoms with Gasteiger partial charge in [-0.25, -0.2) is 4.52 Å². The lowest BCUT2D eigenvalue weighted by Crippen LogP contribution is -2.35. The largest absolute Gasteiger partial charge is 0.353 e. The van der Waals surface area contributed by atoms with Gasteiger partial charge in [0.1, 0.15) is 0 Å². The Morgan fingerprint density at radius 1 is 1.24 bits per heavy atom. The van der Waals surface area contributed by atoms with Gasteiger partial charge in [0.25, 0.3) is 0 Å². The van der Waals surface area contributed by atoms with Crippen molar-refractivity contribution in [2.45, 2.75) is 33.1 Å². The molecule has 5 heteroatoms. The van der Waals surface area contributed by atoms with E-state index in [1.807, 2.05) is 16.8 Å². The van der Waals surface area contributed by atoms with Crippen LogP contribution in [0.1, 0.15) is 31.7 Å². The van der Waals surface area contributed by atoms with Crippen molar-refractivity contribution in [2.75, 3.05) is 31.5 Å². The third-order valence-corrected chi connectivity index (χ3v) is 4.11. The standard InChI is InChI=1S/C16H25N5/c1-13-6-7-15-18-16(19-21(15)12-13)17-10-14(2)11-20-8-4-3-5-9-20/h6-7,12,14H,3-5,8-11H2,1-2H3,(H,17,19). The first-order valence-corrected chi connectivity index (χ1v) is 8.00. The molecule has 3 rings (SSSR count). The summed E-state index contributed by atoms with van der Waals surface area (Å²) in [5, 5.41) is 7.85. The lowest BCUT2D eigenvalue weighted by atomic mass is 10.1. The number of rotatable bonds is 5. The molecular weight excluding hydrogens is 262 g/mol. The summed E-state index contributed by atoms with van der Waals surface area (Å²) in [6.07, 6.45) is 6.11. The van der Waals surface area contributed by atoms with Crippen LogP contribution in [0.4, 0.5) is 5.95 Å². The van der Waals surface area contributed by atoms with Crippen LogP contribution in [0.15, 0.2) is 18.3 Å². The first-order valence-electron chi connectivity index (χ1n) is 8.00. The van der Waals surface area contributed by atoms with Gasteiger partial charge < -0.3 is 10.2 Å². The third kappa shape index (κ3) is 3.73. The predicted molar refractivity (Wildman–Crippen MR) is 85.7 cm³/mol. The molecule has 2 aromatic rings. The van der Waals surface area contributed by atoms with E-state index in [1.165, 1.54) is 44.5 Å². The van der Waals surface area contributed by atoms with Crippen molar-refractivity contribution in [1.82, 2.24) is 19.5 Å². The van der Waals surface area contributed by atoms with Gasteiger partial charge in [-0.2, -0.15) is 4.98 Å². The molecule has 1 N–H and O–H groups in total. The molecular formula is C16H25N5. The summed E-state index contributed by atoms with van der Waals surface area (Å²) < 4.78 is 1.84. The number of pyridine rings is 1. The molecule has 1 aliphatic heterocycles. The van der Waals surface area contributed by atoms with Gasteiger partial charge in [-0.05, 0) is 50.4 Å². The number of fused-ring (bicyclic) bond motifs is 1. The molecule has 0 radical (unpaired) electrons. The maximum atomic E-state index is 4.50. The lowest BCUT2D eigenvalue weighted by molar-refractivity contribution is 0.204. The summed E-state index contributed by atoms with van der Waals surface area (Å²) >= 11 is 0. The SMILES string of the molecule is Cc1ccc2nc(NCC(C)CN3CCCCC3)nn2c1. The first kappa shape index (κ1) is 14.3. The summed E-state index contributed by atoms with van der Waals surface area (Å²) in [4.78, 5) is 7.08. The molecule has 1 atom stereocenters. The Labute approximate surface area is 126 Å². The Balaban J connectivity index is 1.53. The van der Waals surface area contributed by atoms with Crippen LogP contribution in [0.3, 0.4) is 0 Å². The van der Waals surface area contributed by atoms with E-state index >= 15 is 0 Å². The highest BCUT2D eigenvalue weighted by atomic mass is 15.3. The molecule has 5 nitrogen and oxygen atoms in total. The van der Waals surface area contributed by atoms with Crippen molar-refractivity contribution >= 4 is 11.6 Å². The molecule has 0 aromatic carbocycles. The number of likely N-dealkylation sites (tertiary alicyclic amines) is 1. The van der Waals surface area contributed by atoms with E-state index in [-0.39, 0.29) is 0 Å². The lowest BCUT2D eigenvalue weighted by Gasteiger charge is -2.29. The molecule has 1 unspecified atom stereocenters. The molecule has 0 bridgehead atoms. The summed E-state index contributed by atoms with van der Waals surface area (Å²) in [6.45, 7) is 8.97. The quantitative estimate of drug-likeness (QED) is 0.918. The molecule has 21 heavy (non-hydrogen) atoms. The zero-order valence-electron chi connectivity index (χ0n) is 13.0. The molecule has 2 aromatic heterocycles. The van der Waals surface area contributed by atoms with Crippen LogP contribution < -0.4 is 5.32 Å². The number of nitrogens with one attached hydrogen (secondary N) is 1. The second kappa shape index (κ2) is 6.43. The molecule has 0 amide bonds. The highest BCUT2D eigenvalue weighted by Gasteiger charge is 2.13. The smallest absolute Gasteiger partial charge is 0.243 e. The second-order valence-electron chi connectivity index (χ2n) is 6.29. The van der Waals surface area contributed by atoms with Crippen molar-refractivity contribution in [3.8, 4) is 0 Å². The van der Waals surface area contributed by atoms with Crippen LogP contribution in [-0.4, -0.2) is 45.7 Å². The molecule has 3 heterocycles. The summed E-state index contributed by atoms with van der Waals surface area (Å²) in [7, 11) is 0. The minimum absolute atomic E-state index is 0.608. The van der Waals surface area contributed by atoms with Gasteiger partial charge >= 0.3 is 0 Å². The normalized spacial score (nSPS) is 18.0. The van der Waals surface area contributed by atoms with Crippen LogP contribution in [0.25, 0.3) is 5.65 Å². The Morgan fingerprint density at radius 2 is 2.05 bits per heavy atom. The highest BCUT2D eigenvalue weighted by molar-refractivity contribution is 5.44. The molecule has 1 saturated heterocycles. The van der Waals surface area contributed by atoms with Crippen LogP contribution in [0.5, 0.6) is 0 Å². The minimum Gasteiger partial charge on any atom is -0.353 e. The fraction of sp³-hybridized carbons (Fsp3) is 0.625. The van der Waals surface area contributed by atoms with Gasteiger partial charge in [0.05, 0.1) is 0 Å². The first-order chi connectivity index (χ1) is 10.2. The van der Waals surface area contributed by atoms with Crippen molar-refractivity contribution in [2.24, 2.45) is 5.92 Å². The van der Waals surface area contributed by atoms with E-state index in [0.29, 0.717) is 5.92 Å². The van der Waals surface area contributed by atoms with Gasteiger partial charge in [-0.15, -0.1) is 5.10 Å². The highest BCUT2D eigenvalue weighted by Crippen LogP contribution is 2.12.